The molecule has 1 unspecified atom stereocenters. The van der Waals surface area contributed by atoms with Gasteiger partial charge in [0.05, 0.1) is 6.61 Å². The summed E-state index contributed by atoms with van der Waals surface area (Å²) in [6.45, 7) is 2.25. The summed E-state index contributed by atoms with van der Waals surface area (Å²) >= 11 is 0. The highest BCUT2D eigenvalue weighted by molar-refractivity contribution is 5.81. The van der Waals surface area contributed by atoms with E-state index in [-0.39, 0.29) is 12.6 Å². The van der Waals surface area contributed by atoms with Crippen molar-refractivity contribution in [3.05, 3.63) is 0 Å². The number of rotatable bonds is 2. The number of piperidine rings is 1. The first-order valence-electron chi connectivity index (χ1n) is 5.12. The number of aliphatic hydroxyl groups excluding tert-OH is 1. The van der Waals surface area contributed by atoms with E-state index in [2.05, 4.69) is 4.90 Å². The van der Waals surface area contributed by atoms with Gasteiger partial charge in [0.2, 0.25) is 0 Å². The van der Waals surface area contributed by atoms with Crippen molar-refractivity contribution in [2.24, 2.45) is 0 Å². The van der Waals surface area contributed by atoms with E-state index in [1.165, 1.54) is 0 Å². The summed E-state index contributed by atoms with van der Waals surface area (Å²) in [5, 5.41) is 9.09. The second-order valence-corrected chi connectivity index (χ2v) is 4.31. The van der Waals surface area contributed by atoms with E-state index in [9.17, 15) is 4.79 Å². The number of aliphatic hydroxyl groups is 1. The molecule has 0 aliphatic carbocycles. The molecule has 2 saturated heterocycles. The molecule has 1 N–H and O–H groups in total. The molecular formula is C10H17NO2. The van der Waals surface area contributed by atoms with Crippen LogP contribution in [0.25, 0.3) is 0 Å². The van der Waals surface area contributed by atoms with E-state index >= 15 is 0 Å². The highest BCUT2D eigenvalue weighted by atomic mass is 16.3. The molecule has 0 radical (unpaired) electrons. The maximum atomic E-state index is 11.3. The standard InChI is InChI=1S/C10H17NO2/c1-7(6-12)11-8-2-3-9(11)5-10(13)4-8/h7-9,12H,2-6H2,1H3/t7?,8-,9+. The zero-order valence-corrected chi connectivity index (χ0v) is 8.07. The minimum absolute atomic E-state index is 0.210. The third kappa shape index (κ3) is 1.51. The predicted octanol–water partition coefficient (Wildman–Crippen LogP) is 0.563. The lowest BCUT2D eigenvalue weighted by molar-refractivity contribution is -0.124. The van der Waals surface area contributed by atoms with Gasteiger partial charge in [-0.3, -0.25) is 9.69 Å². The average molecular weight is 183 g/mol. The monoisotopic (exact) mass is 183 g/mol. The molecule has 3 nitrogen and oxygen atoms in total. The quantitative estimate of drug-likeness (QED) is 0.680. The number of Topliss-reactive ketones (excluding diaryl/α,β-unsaturated/α-hetero) is 1. The third-order valence-electron chi connectivity index (χ3n) is 3.38. The van der Waals surface area contributed by atoms with Gasteiger partial charge in [-0.2, -0.15) is 0 Å². The van der Waals surface area contributed by atoms with Crippen molar-refractivity contribution in [2.75, 3.05) is 6.61 Å². The van der Waals surface area contributed by atoms with Crippen molar-refractivity contribution < 1.29 is 9.90 Å². The van der Waals surface area contributed by atoms with Crippen LogP contribution in [0.4, 0.5) is 0 Å². The normalized spacial score (nSPS) is 36.6. The summed E-state index contributed by atoms with van der Waals surface area (Å²) in [5.41, 5.74) is 0. The van der Waals surface area contributed by atoms with Crippen molar-refractivity contribution in [3.63, 3.8) is 0 Å². The van der Waals surface area contributed by atoms with Gasteiger partial charge in [-0.15, -0.1) is 0 Å². The van der Waals surface area contributed by atoms with Crippen LogP contribution in [0, 0.1) is 0 Å². The minimum atomic E-state index is 0.210. The summed E-state index contributed by atoms with van der Waals surface area (Å²) in [5.74, 6) is 0.411. The molecule has 2 fully saturated rings. The summed E-state index contributed by atoms with van der Waals surface area (Å²) in [6.07, 6.45) is 3.70. The van der Waals surface area contributed by atoms with Crippen molar-refractivity contribution in [1.29, 1.82) is 0 Å². The summed E-state index contributed by atoms with van der Waals surface area (Å²) in [6, 6.07) is 1.08. The van der Waals surface area contributed by atoms with E-state index in [1.54, 1.807) is 0 Å². The van der Waals surface area contributed by atoms with Crippen LogP contribution in [0.5, 0.6) is 0 Å². The fraction of sp³-hybridized carbons (Fsp3) is 0.900. The van der Waals surface area contributed by atoms with Crippen molar-refractivity contribution in [2.45, 2.75) is 50.7 Å². The van der Waals surface area contributed by atoms with Gasteiger partial charge in [0, 0.05) is 31.0 Å². The number of hydrogen-bond acceptors (Lipinski definition) is 3. The zero-order chi connectivity index (χ0) is 9.42. The van der Waals surface area contributed by atoms with Crippen LogP contribution in [0.3, 0.4) is 0 Å². The Bertz CT molecular complexity index is 201. The molecule has 0 aromatic rings. The van der Waals surface area contributed by atoms with Crippen LogP contribution in [0.2, 0.25) is 0 Å². The van der Waals surface area contributed by atoms with Gasteiger partial charge in [-0.1, -0.05) is 0 Å². The molecule has 0 amide bonds. The van der Waals surface area contributed by atoms with E-state index in [1.807, 2.05) is 6.92 Å². The largest absolute Gasteiger partial charge is 0.395 e. The number of ketones is 1. The SMILES string of the molecule is CC(CO)N1[C@@H]2CC[C@H]1CC(=O)C2. The average Bonchev–Trinajstić information content (AvgIpc) is 2.37. The van der Waals surface area contributed by atoms with Gasteiger partial charge in [-0.25, -0.2) is 0 Å². The minimum Gasteiger partial charge on any atom is -0.395 e. The lowest BCUT2D eigenvalue weighted by Crippen LogP contribution is -2.49. The number of carbonyl (C=O) groups is 1. The second-order valence-electron chi connectivity index (χ2n) is 4.31. The van der Waals surface area contributed by atoms with Crippen LogP contribution in [0.1, 0.15) is 32.6 Å². The Morgan fingerprint density at radius 3 is 2.46 bits per heavy atom. The van der Waals surface area contributed by atoms with Crippen LogP contribution in [-0.4, -0.2) is 40.5 Å². The number of nitrogens with zero attached hydrogens (tertiary/aromatic N) is 1. The molecule has 74 valence electrons. The summed E-state index contributed by atoms with van der Waals surface area (Å²) in [7, 11) is 0. The summed E-state index contributed by atoms with van der Waals surface area (Å²) < 4.78 is 0. The number of carbonyl (C=O) groups excluding carboxylic acids is 1. The molecule has 3 atom stereocenters. The van der Waals surface area contributed by atoms with Crippen LogP contribution >= 0.6 is 0 Å². The Balaban J connectivity index is 2.10. The highest BCUT2D eigenvalue weighted by Crippen LogP contribution is 2.35. The predicted molar refractivity (Wildman–Crippen MR) is 49.4 cm³/mol. The molecule has 2 aliphatic rings. The van der Waals surface area contributed by atoms with Crippen LogP contribution < -0.4 is 0 Å². The van der Waals surface area contributed by atoms with Gasteiger partial charge < -0.3 is 5.11 Å². The fourth-order valence-electron chi connectivity index (χ4n) is 2.82. The molecule has 0 aromatic carbocycles. The highest BCUT2D eigenvalue weighted by Gasteiger charge is 2.41. The molecule has 0 saturated carbocycles. The van der Waals surface area contributed by atoms with Gasteiger partial charge in [0.25, 0.3) is 0 Å². The van der Waals surface area contributed by atoms with Crippen molar-refractivity contribution in [1.82, 2.24) is 4.90 Å². The van der Waals surface area contributed by atoms with Gasteiger partial charge in [-0.05, 0) is 19.8 Å². The molecule has 2 rings (SSSR count). The molecule has 2 aliphatic heterocycles. The third-order valence-corrected chi connectivity index (χ3v) is 3.38. The second kappa shape index (κ2) is 3.39. The van der Waals surface area contributed by atoms with Crippen LogP contribution in [0.15, 0.2) is 0 Å². The maximum Gasteiger partial charge on any atom is 0.136 e. The number of hydrogen-bond donors (Lipinski definition) is 1. The topological polar surface area (TPSA) is 40.5 Å². The molecule has 0 aromatic heterocycles. The zero-order valence-electron chi connectivity index (χ0n) is 8.07. The molecule has 13 heavy (non-hydrogen) atoms. The number of fused-ring (bicyclic) bond motifs is 2. The maximum absolute atomic E-state index is 11.3. The molecular weight excluding hydrogens is 166 g/mol. The van der Waals surface area contributed by atoms with E-state index in [0.29, 0.717) is 30.7 Å². The first kappa shape index (κ1) is 9.16. The fourth-order valence-corrected chi connectivity index (χ4v) is 2.82. The van der Waals surface area contributed by atoms with E-state index in [0.717, 1.165) is 12.8 Å². The van der Waals surface area contributed by atoms with Crippen molar-refractivity contribution >= 4 is 5.78 Å². The Hall–Kier alpha value is -0.410. The van der Waals surface area contributed by atoms with Gasteiger partial charge in [0.1, 0.15) is 5.78 Å². The summed E-state index contributed by atoms with van der Waals surface area (Å²) in [4.78, 5) is 13.6. The molecule has 0 spiro atoms. The molecule has 2 heterocycles. The Morgan fingerprint density at radius 2 is 2.00 bits per heavy atom. The Kier molecular flexibility index (Phi) is 2.39. The van der Waals surface area contributed by atoms with Crippen molar-refractivity contribution in [3.8, 4) is 0 Å². The lowest BCUT2D eigenvalue weighted by Gasteiger charge is -2.37. The van der Waals surface area contributed by atoms with Gasteiger partial charge >= 0.3 is 0 Å². The van der Waals surface area contributed by atoms with Crippen LogP contribution in [-0.2, 0) is 4.79 Å². The molecule has 3 heteroatoms. The Morgan fingerprint density at radius 1 is 1.46 bits per heavy atom. The molecule has 2 bridgehead atoms. The van der Waals surface area contributed by atoms with E-state index in [4.69, 9.17) is 5.11 Å². The first-order chi connectivity index (χ1) is 6.22. The van der Waals surface area contributed by atoms with Gasteiger partial charge in [0.15, 0.2) is 0 Å². The Labute approximate surface area is 78.7 Å². The van der Waals surface area contributed by atoms with E-state index < -0.39 is 0 Å². The first-order valence-corrected chi connectivity index (χ1v) is 5.12. The smallest absolute Gasteiger partial charge is 0.136 e. The lowest BCUT2D eigenvalue weighted by atomic mass is 10.00.